The molecule has 1 aromatic heterocycles. The SMILES string of the molecule is CC1CN(C(=O)c2cn3c(n2)NCCC3)CC1C. The lowest BCUT2D eigenvalue weighted by Crippen LogP contribution is -2.29. The summed E-state index contributed by atoms with van der Waals surface area (Å²) in [4.78, 5) is 18.7. The molecular formula is C13H20N4O. The third kappa shape index (κ3) is 1.87. The topological polar surface area (TPSA) is 50.2 Å². The number of rotatable bonds is 1. The Morgan fingerprint density at radius 3 is 2.78 bits per heavy atom. The number of nitrogens with zero attached hydrogens (tertiary/aromatic N) is 3. The maximum Gasteiger partial charge on any atom is 0.274 e. The average Bonchev–Trinajstić information content (AvgIpc) is 2.93. The van der Waals surface area contributed by atoms with Gasteiger partial charge in [0.2, 0.25) is 5.95 Å². The molecule has 2 atom stereocenters. The Morgan fingerprint density at radius 1 is 1.39 bits per heavy atom. The molecule has 0 aliphatic carbocycles. The molecule has 0 spiro atoms. The summed E-state index contributed by atoms with van der Waals surface area (Å²) in [6, 6.07) is 0. The quantitative estimate of drug-likeness (QED) is 0.818. The van der Waals surface area contributed by atoms with Crippen LogP contribution in [0.1, 0.15) is 30.8 Å². The zero-order chi connectivity index (χ0) is 12.7. The smallest absolute Gasteiger partial charge is 0.274 e. The molecule has 1 amide bonds. The summed E-state index contributed by atoms with van der Waals surface area (Å²) in [6.07, 6.45) is 2.98. The van der Waals surface area contributed by atoms with Crippen LogP contribution in [0.2, 0.25) is 0 Å². The van der Waals surface area contributed by atoms with Gasteiger partial charge in [0.15, 0.2) is 0 Å². The van der Waals surface area contributed by atoms with Gasteiger partial charge in [-0.3, -0.25) is 4.79 Å². The second-order valence-corrected chi connectivity index (χ2v) is 5.59. The van der Waals surface area contributed by atoms with Crippen molar-refractivity contribution in [2.24, 2.45) is 11.8 Å². The second-order valence-electron chi connectivity index (χ2n) is 5.59. The van der Waals surface area contributed by atoms with Gasteiger partial charge in [-0.05, 0) is 18.3 Å². The lowest BCUT2D eigenvalue weighted by Gasteiger charge is -2.14. The van der Waals surface area contributed by atoms with Crippen molar-refractivity contribution in [3.8, 4) is 0 Å². The van der Waals surface area contributed by atoms with Gasteiger partial charge in [-0.2, -0.15) is 0 Å². The number of carbonyl (C=O) groups excluding carboxylic acids is 1. The zero-order valence-electron chi connectivity index (χ0n) is 11.0. The number of anilines is 1. The first-order chi connectivity index (χ1) is 8.65. The molecule has 2 aliphatic rings. The fourth-order valence-corrected chi connectivity index (χ4v) is 2.74. The molecule has 0 bridgehead atoms. The molecule has 3 rings (SSSR count). The highest BCUT2D eigenvalue weighted by Crippen LogP contribution is 2.24. The van der Waals surface area contributed by atoms with Crippen LogP contribution in [0.4, 0.5) is 5.95 Å². The van der Waals surface area contributed by atoms with Gasteiger partial charge in [0.1, 0.15) is 5.69 Å². The standard InChI is InChI=1S/C13H20N4O/c1-9-6-17(7-10(9)2)12(18)11-8-16-5-3-4-14-13(16)15-11/h8-10H,3-7H2,1-2H3,(H,14,15). The van der Waals surface area contributed by atoms with Gasteiger partial charge >= 0.3 is 0 Å². The number of imidazole rings is 1. The van der Waals surface area contributed by atoms with Crippen LogP contribution in [0, 0.1) is 11.8 Å². The molecule has 0 aromatic carbocycles. The molecule has 1 saturated heterocycles. The van der Waals surface area contributed by atoms with Crippen LogP contribution in [-0.2, 0) is 6.54 Å². The van der Waals surface area contributed by atoms with Crippen LogP contribution in [0.5, 0.6) is 0 Å². The first kappa shape index (κ1) is 11.6. The highest BCUT2D eigenvalue weighted by atomic mass is 16.2. The van der Waals surface area contributed by atoms with Crippen LogP contribution in [0.15, 0.2) is 6.20 Å². The van der Waals surface area contributed by atoms with Crippen molar-refractivity contribution < 1.29 is 4.79 Å². The Balaban J connectivity index is 1.78. The number of nitrogens with one attached hydrogen (secondary N) is 1. The number of likely N-dealkylation sites (tertiary alicyclic amines) is 1. The minimum absolute atomic E-state index is 0.0786. The van der Waals surface area contributed by atoms with Crippen molar-refractivity contribution >= 4 is 11.9 Å². The maximum atomic E-state index is 12.4. The van der Waals surface area contributed by atoms with Gasteiger partial charge in [0.05, 0.1) is 0 Å². The van der Waals surface area contributed by atoms with Crippen LogP contribution in [0.3, 0.4) is 0 Å². The van der Waals surface area contributed by atoms with Crippen molar-refractivity contribution in [2.45, 2.75) is 26.8 Å². The van der Waals surface area contributed by atoms with E-state index in [-0.39, 0.29) is 5.91 Å². The van der Waals surface area contributed by atoms with E-state index in [1.165, 1.54) is 0 Å². The molecule has 0 saturated carbocycles. The average molecular weight is 248 g/mol. The number of aromatic nitrogens is 2. The van der Waals surface area contributed by atoms with E-state index >= 15 is 0 Å². The molecular weight excluding hydrogens is 228 g/mol. The predicted molar refractivity (Wildman–Crippen MR) is 69.6 cm³/mol. The fourth-order valence-electron chi connectivity index (χ4n) is 2.74. The Labute approximate surface area is 107 Å². The molecule has 5 nitrogen and oxygen atoms in total. The maximum absolute atomic E-state index is 12.4. The molecule has 98 valence electrons. The summed E-state index contributed by atoms with van der Waals surface area (Å²) in [7, 11) is 0. The number of fused-ring (bicyclic) bond motifs is 1. The van der Waals surface area contributed by atoms with Crippen molar-refractivity contribution in [1.82, 2.24) is 14.5 Å². The first-order valence-electron chi connectivity index (χ1n) is 6.75. The molecule has 1 fully saturated rings. The Morgan fingerprint density at radius 2 is 2.11 bits per heavy atom. The summed E-state index contributed by atoms with van der Waals surface area (Å²) in [5.74, 6) is 2.09. The van der Waals surface area contributed by atoms with Crippen molar-refractivity contribution in [3.05, 3.63) is 11.9 Å². The molecule has 1 N–H and O–H groups in total. The zero-order valence-corrected chi connectivity index (χ0v) is 11.0. The van der Waals surface area contributed by atoms with E-state index in [9.17, 15) is 4.79 Å². The minimum atomic E-state index is 0.0786. The van der Waals surface area contributed by atoms with Gasteiger partial charge < -0.3 is 14.8 Å². The fraction of sp³-hybridized carbons (Fsp3) is 0.692. The van der Waals surface area contributed by atoms with Crippen LogP contribution in [0.25, 0.3) is 0 Å². The molecule has 5 heteroatoms. The Hall–Kier alpha value is -1.52. The largest absolute Gasteiger partial charge is 0.356 e. The van der Waals surface area contributed by atoms with E-state index < -0.39 is 0 Å². The monoisotopic (exact) mass is 248 g/mol. The van der Waals surface area contributed by atoms with Gasteiger partial charge in [-0.1, -0.05) is 13.8 Å². The number of hydrogen-bond acceptors (Lipinski definition) is 3. The van der Waals surface area contributed by atoms with Gasteiger partial charge in [0.25, 0.3) is 5.91 Å². The van der Waals surface area contributed by atoms with Gasteiger partial charge in [-0.15, -0.1) is 0 Å². The van der Waals surface area contributed by atoms with Crippen molar-refractivity contribution in [2.75, 3.05) is 25.0 Å². The molecule has 2 unspecified atom stereocenters. The third-order valence-corrected chi connectivity index (χ3v) is 4.13. The summed E-state index contributed by atoms with van der Waals surface area (Å²) >= 11 is 0. The van der Waals surface area contributed by atoms with E-state index in [1.807, 2.05) is 15.7 Å². The van der Waals surface area contributed by atoms with Crippen LogP contribution < -0.4 is 5.32 Å². The molecule has 0 radical (unpaired) electrons. The first-order valence-corrected chi connectivity index (χ1v) is 6.75. The van der Waals surface area contributed by atoms with Crippen LogP contribution in [-0.4, -0.2) is 40.0 Å². The number of carbonyl (C=O) groups is 1. The second kappa shape index (κ2) is 4.30. The molecule has 18 heavy (non-hydrogen) atoms. The summed E-state index contributed by atoms with van der Waals surface area (Å²) in [6.45, 7) is 8.03. The normalized spacial score (nSPS) is 26.9. The lowest BCUT2D eigenvalue weighted by molar-refractivity contribution is 0.0779. The van der Waals surface area contributed by atoms with E-state index in [1.54, 1.807) is 0 Å². The minimum Gasteiger partial charge on any atom is -0.356 e. The molecule has 1 aromatic rings. The Bertz CT molecular complexity index is 434. The van der Waals surface area contributed by atoms with E-state index in [2.05, 4.69) is 24.1 Å². The van der Waals surface area contributed by atoms with E-state index in [4.69, 9.17) is 0 Å². The van der Waals surface area contributed by atoms with E-state index in [0.29, 0.717) is 17.5 Å². The summed E-state index contributed by atoms with van der Waals surface area (Å²) in [5, 5.41) is 3.23. The summed E-state index contributed by atoms with van der Waals surface area (Å²) in [5.41, 5.74) is 0.584. The number of hydrogen-bond donors (Lipinski definition) is 1. The highest BCUT2D eigenvalue weighted by molar-refractivity contribution is 5.92. The van der Waals surface area contributed by atoms with Crippen molar-refractivity contribution in [1.29, 1.82) is 0 Å². The lowest BCUT2D eigenvalue weighted by atomic mass is 10.0. The third-order valence-electron chi connectivity index (χ3n) is 4.13. The predicted octanol–water partition coefficient (Wildman–Crippen LogP) is 1.43. The number of aryl methyl sites for hydroxylation is 1. The van der Waals surface area contributed by atoms with E-state index in [0.717, 1.165) is 38.5 Å². The Kier molecular flexibility index (Phi) is 2.76. The van der Waals surface area contributed by atoms with Gasteiger partial charge in [0, 0.05) is 32.4 Å². The van der Waals surface area contributed by atoms with Crippen molar-refractivity contribution in [3.63, 3.8) is 0 Å². The molecule has 3 heterocycles. The summed E-state index contributed by atoms with van der Waals surface area (Å²) < 4.78 is 2.04. The van der Waals surface area contributed by atoms with Crippen LogP contribution >= 0.6 is 0 Å². The highest BCUT2D eigenvalue weighted by Gasteiger charge is 2.31. The van der Waals surface area contributed by atoms with Gasteiger partial charge in [-0.25, -0.2) is 4.98 Å². The molecule has 2 aliphatic heterocycles. The number of amides is 1.